The van der Waals surface area contributed by atoms with Crippen LogP contribution >= 0.6 is 0 Å². The zero-order valence-corrected chi connectivity index (χ0v) is 9.01. The summed E-state index contributed by atoms with van der Waals surface area (Å²) in [6.45, 7) is 0.936. The van der Waals surface area contributed by atoms with Crippen LogP contribution in [0.3, 0.4) is 0 Å². The lowest BCUT2D eigenvalue weighted by atomic mass is 10.1. The minimum absolute atomic E-state index is 0.440. The Balaban J connectivity index is 2.04. The van der Waals surface area contributed by atoms with Crippen molar-refractivity contribution in [2.24, 2.45) is 5.92 Å². The van der Waals surface area contributed by atoms with Crippen LogP contribution in [0.25, 0.3) is 0 Å². The van der Waals surface area contributed by atoms with Gasteiger partial charge in [-0.25, -0.2) is 0 Å². The molecule has 0 spiro atoms. The maximum Gasteiger partial charge on any atom is 0.416 e. The van der Waals surface area contributed by atoms with E-state index >= 15 is 0 Å². The molecule has 1 N–H and O–H groups in total. The summed E-state index contributed by atoms with van der Waals surface area (Å²) in [5.74, 6) is 1.02. The first-order valence-corrected chi connectivity index (χ1v) is 5.34. The molecule has 1 saturated carbocycles. The molecule has 0 heterocycles. The van der Waals surface area contributed by atoms with Gasteiger partial charge in [0.15, 0.2) is 0 Å². The molecule has 1 fully saturated rings. The fourth-order valence-electron chi connectivity index (χ4n) is 2.06. The molecule has 1 aromatic rings. The van der Waals surface area contributed by atoms with Gasteiger partial charge in [-0.3, -0.25) is 0 Å². The van der Waals surface area contributed by atoms with Crippen molar-refractivity contribution >= 4 is 0 Å². The molecule has 1 aliphatic carbocycles. The van der Waals surface area contributed by atoms with Crippen LogP contribution in [0.1, 0.15) is 23.5 Å². The van der Waals surface area contributed by atoms with E-state index in [1.165, 1.54) is 12.1 Å². The topological polar surface area (TPSA) is 12.0 Å². The molecule has 1 aliphatic rings. The lowest BCUT2D eigenvalue weighted by Gasteiger charge is -2.07. The average Bonchev–Trinajstić information content (AvgIpc) is 2.97. The molecule has 0 unspecified atom stereocenters. The maximum absolute atomic E-state index is 12.3. The zero-order chi connectivity index (χ0) is 11.8. The number of hydrogen-bond donors (Lipinski definition) is 1. The van der Waals surface area contributed by atoms with E-state index in [1.54, 1.807) is 12.1 Å². The normalized spacial score (nSPS) is 24.5. The van der Waals surface area contributed by atoms with Crippen LogP contribution in [-0.4, -0.2) is 13.6 Å². The third kappa shape index (κ3) is 2.38. The highest BCUT2D eigenvalue weighted by molar-refractivity contribution is 5.30. The lowest BCUT2D eigenvalue weighted by Crippen LogP contribution is -2.10. The molecule has 1 nitrogen and oxygen atoms in total. The smallest absolute Gasteiger partial charge is 0.319 e. The second kappa shape index (κ2) is 4.09. The van der Waals surface area contributed by atoms with Crippen molar-refractivity contribution in [1.82, 2.24) is 5.32 Å². The summed E-state index contributed by atoms with van der Waals surface area (Å²) in [4.78, 5) is 0. The Hall–Kier alpha value is -1.03. The molecule has 0 aliphatic heterocycles. The van der Waals surface area contributed by atoms with E-state index in [2.05, 4.69) is 5.32 Å². The van der Waals surface area contributed by atoms with Gasteiger partial charge in [0.05, 0.1) is 5.56 Å². The summed E-state index contributed by atoms with van der Waals surface area (Å²) >= 11 is 0. The van der Waals surface area contributed by atoms with E-state index in [0.717, 1.165) is 18.5 Å². The third-order valence-electron chi connectivity index (χ3n) is 3.06. The second-order valence-electron chi connectivity index (χ2n) is 4.28. The fraction of sp³-hybridized carbons (Fsp3) is 0.500. The van der Waals surface area contributed by atoms with Gasteiger partial charge in [0.1, 0.15) is 0 Å². The van der Waals surface area contributed by atoms with Gasteiger partial charge in [-0.2, -0.15) is 13.2 Å². The summed E-state index contributed by atoms with van der Waals surface area (Å²) < 4.78 is 37.0. The molecular formula is C12H14F3N. The second-order valence-corrected chi connectivity index (χ2v) is 4.28. The molecule has 16 heavy (non-hydrogen) atoms. The quantitative estimate of drug-likeness (QED) is 0.840. The predicted molar refractivity (Wildman–Crippen MR) is 56.2 cm³/mol. The van der Waals surface area contributed by atoms with Crippen LogP contribution in [0, 0.1) is 5.92 Å². The first-order valence-electron chi connectivity index (χ1n) is 5.34. The van der Waals surface area contributed by atoms with Gasteiger partial charge in [0.2, 0.25) is 0 Å². The van der Waals surface area contributed by atoms with Crippen molar-refractivity contribution in [3.63, 3.8) is 0 Å². The molecule has 0 saturated heterocycles. The molecule has 88 valence electrons. The number of benzene rings is 1. The summed E-state index contributed by atoms with van der Waals surface area (Å²) in [5, 5.41) is 3.09. The molecule has 1 aromatic carbocycles. The van der Waals surface area contributed by atoms with Crippen LogP contribution in [0.2, 0.25) is 0 Å². The van der Waals surface area contributed by atoms with Crippen LogP contribution in [0.15, 0.2) is 24.3 Å². The van der Waals surface area contributed by atoms with E-state index in [4.69, 9.17) is 0 Å². The standard InChI is InChI=1S/C12H14F3N/c1-16-7-9-6-11(9)8-2-4-10(5-3-8)12(13,14)15/h2-5,9,11,16H,6-7H2,1H3/t9-,11-/m0/s1. The van der Waals surface area contributed by atoms with Crippen molar-refractivity contribution in [2.75, 3.05) is 13.6 Å². The van der Waals surface area contributed by atoms with Crippen LogP contribution < -0.4 is 5.32 Å². The zero-order valence-electron chi connectivity index (χ0n) is 9.01. The van der Waals surface area contributed by atoms with E-state index < -0.39 is 11.7 Å². The third-order valence-corrected chi connectivity index (χ3v) is 3.06. The Morgan fingerprint density at radius 2 is 1.88 bits per heavy atom. The highest BCUT2D eigenvalue weighted by atomic mass is 19.4. The Morgan fingerprint density at radius 1 is 1.25 bits per heavy atom. The van der Waals surface area contributed by atoms with Gasteiger partial charge in [-0.15, -0.1) is 0 Å². The number of hydrogen-bond acceptors (Lipinski definition) is 1. The Labute approximate surface area is 92.7 Å². The van der Waals surface area contributed by atoms with Gasteiger partial charge in [0, 0.05) is 0 Å². The molecular weight excluding hydrogens is 215 g/mol. The van der Waals surface area contributed by atoms with Crippen LogP contribution in [-0.2, 0) is 6.18 Å². The SMILES string of the molecule is CNC[C@@H]1C[C@H]1c1ccc(C(F)(F)F)cc1. The molecule has 0 amide bonds. The van der Waals surface area contributed by atoms with Crippen molar-refractivity contribution in [3.05, 3.63) is 35.4 Å². The van der Waals surface area contributed by atoms with E-state index in [9.17, 15) is 13.2 Å². The number of nitrogens with one attached hydrogen (secondary N) is 1. The molecule has 0 aromatic heterocycles. The summed E-state index contributed by atoms with van der Waals surface area (Å²) in [5.41, 5.74) is 0.454. The highest BCUT2D eigenvalue weighted by Gasteiger charge is 2.38. The summed E-state index contributed by atoms with van der Waals surface area (Å²) in [6, 6.07) is 5.54. The van der Waals surface area contributed by atoms with Crippen molar-refractivity contribution < 1.29 is 13.2 Å². The number of rotatable bonds is 3. The van der Waals surface area contributed by atoms with E-state index in [-0.39, 0.29) is 0 Å². The van der Waals surface area contributed by atoms with Gasteiger partial charge >= 0.3 is 6.18 Å². The van der Waals surface area contributed by atoms with Crippen molar-refractivity contribution in [2.45, 2.75) is 18.5 Å². The minimum atomic E-state index is -4.23. The molecule has 0 bridgehead atoms. The predicted octanol–water partition coefficient (Wildman–Crippen LogP) is 3.03. The molecule has 4 heteroatoms. The largest absolute Gasteiger partial charge is 0.416 e. The Bertz CT molecular complexity index is 356. The average molecular weight is 229 g/mol. The minimum Gasteiger partial charge on any atom is -0.319 e. The first kappa shape index (κ1) is 11.5. The van der Waals surface area contributed by atoms with Gasteiger partial charge in [0.25, 0.3) is 0 Å². The Kier molecular flexibility index (Phi) is 2.93. The summed E-state index contributed by atoms with van der Waals surface area (Å²) in [6.07, 6.45) is -3.15. The first-order chi connectivity index (χ1) is 7.52. The molecule has 0 radical (unpaired) electrons. The maximum atomic E-state index is 12.3. The highest BCUT2D eigenvalue weighted by Crippen LogP contribution is 2.47. The van der Waals surface area contributed by atoms with E-state index in [0.29, 0.717) is 11.8 Å². The van der Waals surface area contributed by atoms with Crippen molar-refractivity contribution in [1.29, 1.82) is 0 Å². The van der Waals surface area contributed by atoms with Gasteiger partial charge < -0.3 is 5.32 Å². The van der Waals surface area contributed by atoms with Gasteiger partial charge in [-0.05, 0) is 49.5 Å². The molecule has 2 atom stereocenters. The Morgan fingerprint density at radius 3 is 2.38 bits per heavy atom. The van der Waals surface area contributed by atoms with Gasteiger partial charge in [-0.1, -0.05) is 12.1 Å². The van der Waals surface area contributed by atoms with E-state index in [1.807, 2.05) is 7.05 Å². The number of alkyl halides is 3. The number of halogens is 3. The lowest BCUT2D eigenvalue weighted by molar-refractivity contribution is -0.137. The monoisotopic (exact) mass is 229 g/mol. The van der Waals surface area contributed by atoms with Crippen molar-refractivity contribution in [3.8, 4) is 0 Å². The molecule has 2 rings (SSSR count). The van der Waals surface area contributed by atoms with Crippen LogP contribution in [0.5, 0.6) is 0 Å². The van der Waals surface area contributed by atoms with Crippen LogP contribution in [0.4, 0.5) is 13.2 Å². The summed E-state index contributed by atoms with van der Waals surface area (Å²) in [7, 11) is 1.89. The fourth-order valence-corrected chi connectivity index (χ4v) is 2.06.